The first-order chi connectivity index (χ1) is 8.77. The van der Waals surface area contributed by atoms with E-state index in [0.717, 1.165) is 0 Å². The van der Waals surface area contributed by atoms with E-state index in [1.54, 1.807) is 0 Å². The average Bonchev–Trinajstić information content (AvgIpc) is 2.71. The first-order valence-corrected chi connectivity index (χ1v) is 8.47. The van der Waals surface area contributed by atoms with Crippen molar-refractivity contribution in [2.24, 2.45) is 0 Å². The Hall–Kier alpha value is -0.365. The van der Waals surface area contributed by atoms with Gasteiger partial charge in [-0.15, -0.1) is 0 Å². The van der Waals surface area contributed by atoms with Crippen LogP contribution in [0, 0.1) is 0 Å². The summed E-state index contributed by atoms with van der Waals surface area (Å²) in [5.41, 5.74) is 1.49. The predicted octanol–water partition coefficient (Wildman–Crippen LogP) is 3.36. The molecule has 0 bridgehead atoms. The first kappa shape index (κ1) is 16.7. The number of hydrogen-bond acceptors (Lipinski definition) is 1. The van der Waals surface area contributed by atoms with Crippen LogP contribution in [-0.2, 0) is 15.0 Å². The van der Waals surface area contributed by atoms with Crippen molar-refractivity contribution in [2.45, 2.75) is 17.9 Å². The molecule has 1 nitrogen and oxygen atoms in total. The van der Waals surface area contributed by atoms with Crippen LogP contribution in [0.4, 0.5) is 17.3 Å². The van der Waals surface area contributed by atoms with Crippen LogP contribution < -0.4 is 4.98 Å². The molecule has 2 unspecified atom stereocenters. The maximum atomic E-state index is 9.75. The SMILES string of the molecule is CC[S+]1CCSC1(C)c1cc[nH+]cc1.F[B-](F)(F)F. The molecule has 108 valence electrons. The molecule has 1 aliphatic heterocycles. The van der Waals surface area contributed by atoms with Crippen molar-refractivity contribution in [3.8, 4) is 0 Å². The summed E-state index contributed by atoms with van der Waals surface area (Å²) in [4.78, 5) is 3.10. The van der Waals surface area contributed by atoms with Gasteiger partial charge in [0.15, 0.2) is 16.5 Å². The minimum atomic E-state index is -6.00. The lowest BCUT2D eigenvalue weighted by Crippen LogP contribution is -2.28. The smallest absolute Gasteiger partial charge is 0.418 e. The summed E-state index contributed by atoms with van der Waals surface area (Å²) >= 11 is 2.13. The molecule has 0 aliphatic carbocycles. The molecule has 2 atom stereocenters. The molecule has 1 saturated heterocycles. The molecule has 2 rings (SSSR count). The number of pyridine rings is 1. The van der Waals surface area contributed by atoms with E-state index in [1.165, 1.54) is 22.8 Å². The third kappa shape index (κ3) is 5.26. The van der Waals surface area contributed by atoms with Crippen LogP contribution in [0.3, 0.4) is 0 Å². The van der Waals surface area contributed by atoms with Gasteiger partial charge in [0.25, 0.3) is 0 Å². The van der Waals surface area contributed by atoms with Gasteiger partial charge >= 0.3 is 7.25 Å². The summed E-state index contributed by atoms with van der Waals surface area (Å²) in [7, 11) is -5.44. The number of hydrogen-bond donors (Lipinski definition) is 0. The molecule has 0 saturated carbocycles. The molecule has 0 aromatic carbocycles. The van der Waals surface area contributed by atoms with Crippen LogP contribution in [0.2, 0.25) is 0 Å². The minimum absolute atomic E-state index is 0.379. The molecule has 1 aromatic heterocycles. The van der Waals surface area contributed by atoms with E-state index in [2.05, 4.69) is 42.7 Å². The van der Waals surface area contributed by atoms with Crippen LogP contribution in [0.25, 0.3) is 0 Å². The van der Waals surface area contributed by atoms with E-state index >= 15 is 0 Å². The number of H-pyrrole nitrogens is 1. The lowest BCUT2D eigenvalue weighted by atomic mass is 10.2. The predicted molar refractivity (Wildman–Crippen MR) is 75.8 cm³/mol. The highest BCUT2D eigenvalue weighted by Crippen LogP contribution is 2.47. The van der Waals surface area contributed by atoms with Crippen molar-refractivity contribution >= 4 is 29.9 Å². The molecule has 0 amide bonds. The van der Waals surface area contributed by atoms with Crippen molar-refractivity contribution in [3.05, 3.63) is 30.1 Å². The summed E-state index contributed by atoms with van der Waals surface area (Å²) in [6, 6.07) is 4.46. The fraction of sp³-hybridized carbons (Fsp3) is 0.545. The maximum absolute atomic E-state index is 9.75. The molecule has 0 spiro atoms. The number of rotatable bonds is 2. The van der Waals surface area contributed by atoms with Crippen LogP contribution in [0.1, 0.15) is 19.4 Å². The highest BCUT2D eigenvalue weighted by Gasteiger charge is 2.49. The van der Waals surface area contributed by atoms with Gasteiger partial charge in [0.05, 0.1) is 0 Å². The second-order valence-corrected chi connectivity index (χ2v) is 8.62. The first-order valence-electron chi connectivity index (χ1n) is 5.93. The molecule has 1 aliphatic rings. The number of thioether (sulfide) groups is 1. The van der Waals surface area contributed by atoms with Gasteiger partial charge in [-0.2, -0.15) is 0 Å². The Labute approximate surface area is 118 Å². The highest BCUT2D eigenvalue weighted by atomic mass is 32.2. The summed E-state index contributed by atoms with van der Waals surface area (Å²) in [6.07, 6.45) is 4.08. The molecular formula is C11H17BF4NS2+. The van der Waals surface area contributed by atoms with Crippen LogP contribution >= 0.6 is 11.8 Å². The Morgan fingerprint density at radius 1 is 1.32 bits per heavy atom. The molecule has 1 N–H and O–H groups in total. The van der Waals surface area contributed by atoms with Crippen LogP contribution in [0.15, 0.2) is 24.5 Å². The average molecular weight is 314 g/mol. The largest absolute Gasteiger partial charge is 0.673 e. The molecular weight excluding hydrogens is 297 g/mol. The molecule has 19 heavy (non-hydrogen) atoms. The Morgan fingerprint density at radius 3 is 2.32 bits per heavy atom. The zero-order valence-corrected chi connectivity index (χ0v) is 12.5. The summed E-state index contributed by atoms with van der Waals surface area (Å²) in [6.45, 7) is 4.73. The number of aromatic amines is 1. The Bertz CT molecular complexity index is 384. The molecule has 8 heteroatoms. The summed E-state index contributed by atoms with van der Waals surface area (Å²) < 4.78 is 39.4. The van der Waals surface area contributed by atoms with Gasteiger partial charge in [-0.05, 0) is 6.92 Å². The maximum Gasteiger partial charge on any atom is 0.673 e. The van der Waals surface area contributed by atoms with Gasteiger partial charge in [0, 0.05) is 41.3 Å². The van der Waals surface area contributed by atoms with E-state index in [1.807, 2.05) is 12.4 Å². The van der Waals surface area contributed by atoms with E-state index < -0.39 is 7.25 Å². The normalized spacial score (nSPS) is 26.7. The van der Waals surface area contributed by atoms with E-state index in [9.17, 15) is 17.3 Å². The molecule has 1 aromatic rings. The molecule has 2 heterocycles. The van der Waals surface area contributed by atoms with Gasteiger partial charge in [0.1, 0.15) is 11.5 Å². The summed E-state index contributed by atoms with van der Waals surface area (Å²) in [5, 5.41) is 0. The third-order valence-electron chi connectivity index (χ3n) is 2.85. The van der Waals surface area contributed by atoms with Crippen molar-refractivity contribution in [2.75, 3.05) is 17.3 Å². The van der Waals surface area contributed by atoms with Crippen molar-refractivity contribution in [1.29, 1.82) is 0 Å². The lowest BCUT2D eigenvalue weighted by molar-refractivity contribution is -0.378. The van der Waals surface area contributed by atoms with Crippen LogP contribution in [0.5, 0.6) is 0 Å². The van der Waals surface area contributed by atoms with Crippen molar-refractivity contribution in [1.82, 2.24) is 0 Å². The van der Waals surface area contributed by atoms with Gasteiger partial charge in [0.2, 0.25) is 0 Å². The number of aromatic nitrogens is 1. The van der Waals surface area contributed by atoms with Gasteiger partial charge in [-0.3, -0.25) is 0 Å². The van der Waals surface area contributed by atoms with Gasteiger partial charge in [-0.25, -0.2) is 4.98 Å². The van der Waals surface area contributed by atoms with Crippen molar-refractivity contribution in [3.63, 3.8) is 0 Å². The molecule has 1 fully saturated rings. The fourth-order valence-electron chi connectivity index (χ4n) is 1.97. The van der Waals surface area contributed by atoms with E-state index in [0.29, 0.717) is 15.0 Å². The quantitative estimate of drug-likeness (QED) is 0.464. The van der Waals surface area contributed by atoms with Gasteiger partial charge < -0.3 is 17.3 Å². The Balaban J connectivity index is 0.000000312. The monoisotopic (exact) mass is 314 g/mol. The van der Waals surface area contributed by atoms with Crippen molar-refractivity contribution < 1.29 is 22.2 Å². The van der Waals surface area contributed by atoms with Gasteiger partial charge in [-0.1, -0.05) is 11.8 Å². The second kappa shape index (κ2) is 6.88. The second-order valence-electron chi connectivity index (χ2n) is 4.06. The zero-order chi connectivity index (χ0) is 14.5. The number of halogens is 4. The zero-order valence-electron chi connectivity index (χ0n) is 10.8. The number of nitrogens with one attached hydrogen (secondary N) is 1. The highest BCUT2D eigenvalue weighted by molar-refractivity contribution is 8.19. The fourth-order valence-corrected chi connectivity index (χ4v) is 7.02. The molecule has 0 radical (unpaired) electrons. The topological polar surface area (TPSA) is 14.1 Å². The lowest BCUT2D eigenvalue weighted by Gasteiger charge is -2.21. The van der Waals surface area contributed by atoms with E-state index in [4.69, 9.17) is 0 Å². The third-order valence-corrected chi connectivity index (χ3v) is 8.09. The Morgan fingerprint density at radius 2 is 1.84 bits per heavy atom. The minimum Gasteiger partial charge on any atom is -0.418 e. The Kier molecular flexibility index (Phi) is 6.04. The summed E-state index contributed by atoms with van der Waals surface area (Å²) in [5.74, 6) is 4.05. The van der Waals surface area contributed by atoms with E-state index in [-0.39, 0.29) is 0 Å². The standard InChI is InChI=1S/C11H16NS2.BF4/c1-3-14-9-8-13-11(14,2)10-4-6-12-7-5-10;2-1(3,4)5/h4-7H,3,8-9H2,1-2H3;/q+1;-1/p+1. The van der Waals surface area contributed by atoms with Crippen LogP contribution in [-0.4, -0.2) is 24.5 Å².